The minimum atomic E-state index is -4.45. The number of hydrogen-bond acceptors (Lipinski definition) is 3. The molecule has 76 valence electrons. The van der Waals surface area contributed by atoms with Gasteiger partial charge in [0.05, 0.1) is 0 Å². The maximum atomic E-state index is 12.2. The van der Waals surface area contributed by atoms with Crippen molar-refractivity contribution in [3.63, 3.8) is 0 Å². The molecule has 3 nitrogen and oxygen atoms in total. The molecule has 14 heavy (non-hydrogen) atoms. The molecular weight excluding hydrogens is 195 g/mol. The second kappa shape index (κ2) is 3.65. The fourth-order valence-electron chi connectivity index (χ4n) is 0.818. The normalized spacial score (nSPS) is 19.9. The molecule has 1 heterocycles. The maximum absolute atomic E-state index is 12.2. The molecule has 1 aliphatic heterocycles. The first-order valence-electron chi connectivity index (χ1n) is 3.75. The van der Waals surface area contributed by atoms with Crippen LogP contribution in [0.3, 0.4) is 0 Å². The standard InChI is InChI=1S/C8H8F3N3/c1-5(4-12)7-13-3-2-6(14-7)8(9,10)11/h2-4,12-13H,1H3/b7-5+,12-4?. The first-order valence-corrected chi connectivity index (χ1v) is 3.75. The predicted octanol–water partition coefficient (Wildman–Crippen LogP) is 1.99. The Kier molecular flexibility index (Phi) is 2.73. The van der Waals surface area contributed by atoms with E-state index in [1.54, 1.807) is 0 Å². The Bertz CT molecular complexity index is 336. The molecule has 0 aromatic carbocycles. The van der Waals surface area contributed by atoms with Gasteiger partial charge in [0.2, 0.25) is 0 Å². The lowest BCUT2D eigenvalue weighted by atomic mass is 10.2. The highest BCUT2D eigenvalue weighted by Crippen LogP contribution is 2.21. The lowest BCUT2D eigenvalue weighted by molar-refractivity contribution is -0.0578. The molecule has 0 fully saturated rings. The summed E-state index contributed by atoms with van der Waals surface area (Å²) in [5.74, 6) is 0.0508. The zero-order valence-corrected chi connectivity index (χ0v) is 7.31. The smallest absolute Gasteiger partial charge is 0.346 e. The number of rotatable bonds is 1. The van der Waals surface area contributed by atoms with Crippen molar-refractivity contribution in [2.45, 2.75) is 13.1 Å². The van der Waals surface area contributed by atoms with E-state index >= 15 is 0 Å². The molecule has 0 saturated carbocycles. The van der Waals surface area contributed by atoms with Crippen molar-refractivity contribution in [1.82, 2.24) is 5.32 Å². The molecule has 0 aliphatic carbocycles. The first kappa shape index (κ1) is 10.5. The zero-order chi connectivity index (χ0) is 10.8. The van der Waals surface area contributed by atoms with Crippen molar-refractivity contribution in [2.75, 3.05) is 0 Å². The van der Waals surface area contributed by atoms with E-state index in [1.165, 1.54) is 6.92 Å². The number of allylic oxidation sites excluding steroid dienone is 2. The third-order valence-electron chi connectivity index (χ3n) is 1.57. The second-order valence-corrected chi connectivity index (χ2v) is 2.65. The van der Waals surface area contributed by atoms with Gasteiger partial charge in [0.15, 0.2) is 0 Å². The summed E-state index contributed by atoms with van der Waals surface area (Å²) in [5, 5.41) is 9.40. The highest BCUT2D eigenvalue weighted by atomic mass is 19.4. The van der Waals surface area contributed by atoms with Crippen molar-refractivity contribution < 1.29 is 13.2 Å². The lowest BCUT2D eigenvalue weighted by Crippen LogP contribution is -2.26. The van der Waals surface area contributed by atoms with Crippen LogP contribution in [0.1, 0.15) is 6.92 Å². The molecular formula is C8H8F3N3. The maximum Gasteiger partial charge on any atom is 0.433 e. The molecule has 2 N–H and O–H groups in total. The van der Waals surface area contributed by atoms with Gasteiger partial charge in [-0.25, -0.2) is 4.99 Å². The van der Waals surface area contributed by atoms with E-state index in [-0.39, 0.29) is 5.82 Å². The summed E-state index contributed by atoms with van der Waals surface area (Å²) in [6.45, 7) is 1.51. The van der Waals surface area contributed by atoms with Crippen molar-refractivity contribution in [2.24, 2.45) is 4.99 Å². The fraction of sp³-hybridized carbons (Fsp3) is 0.250. The van der Waals surface area contributed by atoms with E-state index in [2.05, 4.69) is 10.3 Å². The molecule has 0 saturated heterocycles. The molecule has 0 unspecified atom stereocenters. The molecule has 6 heteroatoms. The van der Waals surface area contributed by atoms with Gasteiger partial charge in [-0.1, -0.05) is 0 Å². The fourth-order valence-corrected chi connectivity index (χ4v) is 0.818. The van der Waals surface area contributed by atoms with Crippen molar-refractivity contribution in [3.05, 3.63) is 23.7 Å². The molecule has 0 radical (unpaired) electrons. The van der Waals surface area contributed by atoms with E-state index in [0.29, 0.717) is 5.57 Å². The summed E-state index contributed by atoms with van der Waals surface area (Å²) in [5.41, 5.74) is -0.622. The molecule has 0 aromatic rings. The number of aliphatic imine (C=N–C) groups is 1. The van der Waals surface area contributed by atoms with E-state index in [1.807, 2.05) is 0 Å². The van der Waals surface area contributed by atoms with Crippen LogP contribution in [0.15, 0.2) is 28.7 Å². The van der Waals surface area contributed by atoms with Crippen molar-refractivity contribution in [3.8, 4) is 0 Å². The molecule has 0 atom stereocenters. The lowest BCUT2D eigenvalue weighted by Gasteiger charge is -2.13. The van der Waals surface area contributed by atoms with Crippen LogP contribution in [0.2, 0.25) is 0 Å². The van der Waals surface area contributed by atoms with Crippen molar-refractivity contribution in [1.29, 1.82) is 5.41 Å². The van der Waals surface area contributed by atoms with Crippen LogP contribution in [0.4, 0.5) is 13.2 Å². The SMILES string of the molecule is C/C(C=N)=C1\N=C(C(F)(F)F)C=CN1. The monoisotopic (exact) mass is 203 g/mol. The molecule has 0 amide bonds. The zero-order valence-electron chi connectivity index (χ0n) is 7.31. The molecule has 1 aliphatic rings. The van der Waals surface area contributed by atoms with E-state index < -0.39 is 11.9 Å². The summed E-state index contributed by atoms with van der Waals surface area (Å²) in [6, 6.07) is 0. The third-order valence-corrected chi connectivity index (χ3v) is 1.57. The van der Waals surface area contributed by atoms with Gasteiger partial charge >= 0.3 is 6.18 Å². The minimum Gasteiger partial charge on any atom is -0.346 e. The second-order valence-electron chi connectivity index (χ2n) is 2.65. The predicted molar refractivity (Wildman–Crippen MR) is 47.2 cm³/mol. The number of alkyl halides is 3. The minimum absolute atomic E-state index is 0.0508. The summed E-state index contributed by atoms with van der Waals surface area (Å²) in [6.07, 6.45) is -1.51. The van der Waals surface area contributed by atoms with Gasteiger partial charge in [-0.3, -0.25) is 0 Å². The summed E-state index contributed by atoms with van der Waals surface area (Å²) < 4.78 is 36.6. The van der Waals surface area contributed by atoms with Crippen LogP contribution in [0.25, 0.3) is 0 Å². The first-order chi connectivity index (χ1) is 6.45. The highest BCUT2D eigenvalue weighted by Gasteiger charge is 2.35. The summed E-state index contributed by atoms with van der Waals surface area (Å²) in [4.78, 5) is 3.35. The van der Waals surface area contributed by atoms with Crippen LogP contribution in [0.5, 0.6) is 0 Å². The van der Waals surface area contributed by atoms with Crippen molar-refractivity contribution >= 4 is 11.9 Å². The summed E-state index contributed by atoms with van der Waals surface area (Å²) >= 11 is 0. The average Bonchev–Trinajstić information content (AvgIpc) is 2.15. The molecule has 1 rings (SSSR count). The number of nitrogens with zero attached hydrogens (tertiary/aromatic N) is 1. The van der Waals surface area contributed by atoms with E-state index in [4.69, 9.17) is 5.41 Å². The topological polar surface area (TPSA) is 48.2 Å². The van der Waals surface area contributed by atoms with Gasteiger partial charge in [-0.05, 0) is 13.0 Å². The van der Waals surface area contributed by atoms with Gasteiger partial charge in [-0.2, -0.15) is 13.2 Å². The Balaban J connectivity index is 3.06. The Labute approximate surface area is 78.5 Å². The molecule has 0 bridgehead atoms. The number of halogens is 3. The Morgan fingerprint density at radius 1 is 1.57 bits per heavy atom. The van der Waals surface area contributed by atoms with Gasteiger partial charge < -0.3 is 10.7 Å². The van der Waals surface area contributed by atoms with E-state index in [0.717, 1.165) is 18.5 Å². The number of hydrogen-bond donors (Lipinski definition) is 2. The van der Waals surface area contributed by atoms with Crippen LogP contribution < -0.4 is 5.32 Å². The van der Waals surface area contributed by atoms with E-state index in [9.17, 15) is 13.2 Å². The number of nitrogens with one attached hydrogen (secondary N) is 2. The summed E-state index contributed by atoms with van der Waals surface area (Å²) in [7, 11) is 0. The molecule has 0 aromatic heterocycles. The van der Waals surface area contributed by atoms with Crippen LogP contribution in [-0.2, 0) is 0 Å². The van der Waals surface area contributed by atoms with Gasteiger partial charge in [0.25, 0.3) is 0 Å². The Morgan fingerprint density at radius 2 is 2.21 bits per heavy atom. The third kappa shape index (κ3) is 2.21. The Hall–Kier alpha value is -1.59. The van der Waals surface area contributed by atoms with Gasteiger partial charge in [0, 0.05) is 18.0 Å². The average molecular weight is 203 g/mol. The van der Waals surface area contributed by atoms with Crippen LogP contribution in [0, 0.1) is 5.41 Å². The quantitative estimate of drug-likeness (QED) is 0.629. The molecule has 0 spiro atoms. The largest absolute Gasteiger partial charge is 0.433 e. The van der Waals surface area contributed by atoms with Crippen LogP contribution >= 0.6 is 0 Å². The highest BCUT2D eigenvalue weighted by molar-refractivity contribution is 6.01. The van der Waals surface area contributed by atoms with Gasteiger partial charge in [-0.15, -0.1) is 0 Å². The Morgan fingerprint density at radius 3 is 2.71 bits per heavy atom. The van der Waals surface area contributed by atoms with Crippen LogP contribution in [-0.4, -0.2) is 18.1 Å². The van der Waals surface area contributed by atoms with Gasteiger partial charge in [0.1, 0.15) is 11.5 Å².